The van der Waals surface area contributed by atoms with Gasteiger partial charge < -0.3 is 0 Å². The van der Waals surface area contributed by atoms with E-state index in [9.17, 15) is 23.3 Å². The van der Waals surface area contributed by atoms with E-state index in [0.29, 0.717) is 11.3 Å². The fraction of sp³-hybridized carbons (Fsp3) is 0.130. The Morgan fingerprint density at radius 2 is 1.76 bits per heavy atom. The van der Waals surface area contributed by atoms with E-state index in [2.05, 4.69) is 10.5 Å². The van der Waals surface area contributed by atoms with Crippen LogP contribution in [0.3, 0.4) is 0 Å². The number of nitro benzene ring substituents is 1. The fourth-order valence-corrected chi connectivity index (χ4v) is 4.44. The maximum atomic E-state index is 13.3. The van der Waals surface area contributed by atoms with Crippen molar-refractivity contribution < 1.29 is 18.1 Å². The van der Waals surface area contributed by atoms with Crippen molar-refractivity contribution in [3.05, 3.63) is 100 Å². The first-order chi connectivity index (χ1) is 15.8. The van der Waals surface area contributed by atoms with Gasteiger partial charge in [0.2, 0.25) is 0 Å². The number of nitrogens with zero attached hydrogens (tertiary/aromatic N) is 3. The van der Waals surface area contributed by atoms with E-state index in [1.807, 2.05) is 6.92 Å². The van der Waals surface area contributed by atoms with Crippen LogP contribution in [0.5, 0.6) is 0 Å². The zero-order valence-electron chi connectivity index (χ0n) is 17.8. The predicted octanol–water partition coefficient (Wildman–Crippen LogP) is 3.50. The summed E-state index contributed by atoms with van der Waals surface area (Å²) in [6.07, 6.45) is 2.04. The van der Waals surface area contributed by atoms with Gasteiger partial charge in [-0.05, 0) is 36.2 Å². The van der Waals surface area contributed by atoms with Crippen LogP contribution >= 0.6 is 0 Å². The van der Waals surface area contributed by atoms with E-state index in [0.717, 1.165) is 16.3 Å². The molecule has 0 aliphatic heterocycles. The van der Waals surface area contributed by atoms with Crippen LogP contribution in [0, 0.1) is 10.1 Å². The minimum absolute atomic E-state index is 0.0532. The van der Waals surface area contributed by atoms with E-state index in [4.69, 9.17) is 0 Å². The van der Waals surface area contributed by atoms with Crippen LogP contribution in [-0.4, -0.2) is 32.0 Å². The number of amides is 1. The third-order valence-electron chi connectivity index (χ3n) is 4.73. The molecule has 0 atom stereocenters. The van der Waals surface area contributed by atoms with Crippen molar-refractivity contribution in [2.45, 2.75) is 18.2 Å². The third kappa shape index (κ3) is 6.01. The summed E-state index contributed by atoms with van der Waals surface area (Å²) in [4.78, 5) is 22.9. The van der Waals surface area contributed by atoms with E-state index in [1.165, 1.54) is 36.5 Å². The molecule has 0 saturated heterocycles. The summed E-state index contributed by atoms with van der Waals surface area (Å²) >= 11 is 0. The summed E-state index contributed by atoms with van der Waals surface area (Å²) in [5.41, 5.74) is 3.95. The third-order valence-corrected chi connectivity index (χ3v) is 6.52. The highest BCUT2D eigenvalue weighted by atomic mass is 32.2. The Labute approximate surface area is 191 Å². The van der Waals surface area contributed by atoms with Crippen LogP contribution in [0.25, 0.3) is 0 Å². The average Bonchev–Trinajstić information content (AvgIpc) is 2.83. The lowest BCUT2D eigenvalue weighted by Gasteiger charge is -2.24. The van der Waals surface area contributed by atoms with Gasteiger partial charge in [-0.15, -0.1) is 0 Å². The predicted molar refractivity (Wildman–Crippen MR) is 126 cm³/mol. The monoisotopic (exact) mass is 466 g/mol. The molecule has 0 aliphatic carbocycles. The van der Waals surface area contributed by atoms with Crippen LogP contribution in [0.15, 0.2) is 88.9 Å². The van der Waals surface area contributed by atoms with Crippen molar-refractivity contribution in [3.63, 3.8) is 0 Å². The number of non-ortho nitro benzene ring substituents is 1. The molecule has 0 aromatic heterocycles. The van der Waals surface area contributed by atoms with Gasteiger partial charge in [0.15, 0.2) is 0 Å². The number of nitro groups is 1. The first kappa shape index (κ1) is 23.6. The summed E-state index contributed by atoms with van der Waals surface area (Å²) in [5.74, 6) is -0.671. The number of sulfonamides is 1. The number of anilines is 1. The number of hydrogen-bond acceptors (Lipinski definition) is 6. The zero-order chi connectivity index (χ0) is 23.8. The number of nitrogens with one attached hydrogen (secondary N) is 1. The summed E-state index contributed by atoms with van der Waals surface area (Å²) < 4.78 is 27.5. The Hall–Kier alpha value is -4.05. The largest absolute Gasteiger partial charge is 0.271 e. The summed E-state index contributed by atoms with van der Waals surface area (Å²) in [6, 6.07) is 20.5. The Balaban J connectivity index is 1.81. The zero-order valence-corrected chi connectivity index (χ0v) is 18.6. The second-order valence-electron chi connectivity index (χ2n) is 6.99. The number of hydrogen-bond donors (Lipinski definition) is 1. The highest BCUT2D eigenvalue weighted by molar-refractivity contribution is 7.92. The van der Waals surface area contributed by atoms with Gasteiger partial charge in [0.05, 0.1) is 21.7 Å². The topological polar surface area (TPSA) is 122 Å². The second kappa shape index (κ2) is 10.5. The molecule has 1 N–H and O–H groups in total. The number of carbonyl (C=O) groups excluding carboxylic acids is 1. The van der Waals surface area contributed by atoms with Gasteiger partial charge in [0.25, 0.3) is 21.6 Å². The molecule has 0 aliphatic rings. The summed E-state index contributed by atoms with van der Waals surface area (Å²) in [5, 5.41) is 14.7. The summed E-state index contributed by atoms with van der Waals surface area (Å²) in [6.45, 7) is 1.48. The molecule has 10 heteroatoms. The molecule has 3 rings (SSSR count). The molecule has 0 fully saturated rings. The van der Waals surface area contributed by atoms with Crippen molar-refractivity contribution >= 4 is 33.5 Å². The lowest BCUT2D eigenvalue weighted by Crippen LogP contribution is -2.39. The lowest BCUT2D eigenvalue weighted by atomic mass is 10.1. The van der Waals surface area contributed by atoms with Crippen molar-refractivity contribution in [1.82, 2.24) is 5.43 Å². The molecule has 0 spiro atoms. The molecule has 0 saturated carbocycles. The number of rotatable bonds is 9. The van der Waals surface area contributed by atoms with Gasteiger partial charge in [0, 0.05) is 17.7 Å². The minimum Gasteiger partial charge on any atom is -0.271 e. The Kier molecular flexibility index (Phi) is 7.52. The molecule has 0 unspecified atom stereocenters. The van der Waals surface area contributed by atoms with Gasteiger partial charge in [0.1, 0.15) is 6.54 Å². The standard InChI is InChI=1S/C23H22N4O5S/c1-2-18-11-13-20(14-12-18)26(33(31,32)22-9-4-3-5-10-22)17-23(28)25-24-16-19-7-6-8-21(15-19)27(29)30/h3-16H,2,17H2,1H3,(H,25,28)/b24-16-. The Morgan fingerprint density at radius 1 is 1.06 bits per heavy atom. The maximum absolute atomic E-state index is 13.3. The van der Waals surface area contributed by atoms with Gasteiger partial charge in [-0.1, -0.05) is 49.4 Å². The van der Waals surface area contributed by atoms with Crippen LogP contribution < -0.4 is 9.73 Å². The number of benzene rings is 3. The molecule has 3 aromatic carbocycles. The second-order valence-corrected chi connectivity index (χ2v) is 8.85. The van der Waals surface area contributed by atoms with Crippen molar-refractivity contribution in [1.29, 1.82) is 0 Å². The molecule has 0 heterocycles. The first-order valence-electron chi connectivity index (χ1n) is 10.0. The van der Waals surface area contributed by atoms with E-state index in [-0.39, 0.29) is 10.6 Å². The first-order valence-corrected chi connectivity index (χ1v) is 11.5. The van der Waals surface area contributed by atoms with Crippen molar-refractivity contribution in [3.8, 4) is 0 Å². The van der Waals surface area contributed by atoms with Crippen LogP contribution in [0.1, 0.15) is 18.1 Å². The van der Waals surface area contributed by atoms with Crippen molar-refractivity contribution in [2.24, 2.45) is 5.10 Å². The number of aryl methyl sites for hydroxylation is 1. The van der Waals surface area contributed by atoms with Crippen LogP contribution in [-0.2, 0) is 21.2 Å². The smallest absolute Gasteiger partial charge is 0.270 e. The Bertz CT molecular complexity index is 1260. The maximum Gasteiger partial charge on any atom is 0.270 e. The molecule has 3 aromatic rings. The molecule has 1 amide bonds. The highest BCUT2D eigenvalue weighted by Gasteiger charge is 2.27. The average molecular weight is 467 g/mol. The SMILES string of the molecule is CCc1ccc(N(CC(=O)N/N=C\c2cccc([N+](=O)[O-])c2)S(=O)(=O)c2ccccc2)cc1. The van der Waals surface area contributed by atoms with Crippen LogP contribution in [0.4, 0.5) is 11.4 Å². The number of carbonyl (C=O) groups is 1. The van der Waals surface area contributed by atoms with Gasteiger partial charge >= 0.3 is 0 Å². The molecule has 0 radical (unpaired) electrons. The molecule has 0 bridgehead atoms. The highest BCUT2D eigenvalue weighted by Crippen LogP contribution is 2.24. The van der Waals surface area contributed by atoms with Gasteiger partial charge in [-0.2, -0.15) is 5.10 Å². The molecular weight excluding hydrogens is 444 g/mol. The molecule has 170 valence electrons. The lowest BCUT2D eigenvalue weighted by molar-refractivity contribution is -0.384. The van der Waals surface area contributed by atoms with E-state index < -0.39 is 27.4 Å². The normalized spacial score (nSPS) is 11.3. The van der Waals surface area contributed by atoms with Gasteiger partial charge in [-0.25, -0.2) is 13.8 Å². The summed E-state index contributed by atoms with van der Waals surface area (Å²) in [7, 11) is -4.02. The molecule has 9 nitrogen and oxygen atoms in total. The number of hydrazone groups is 1. The van der Waals surface area contributed by atoms with Gasteiger partial charge in [-0.3, -0.25) is 19.2 Å². The Morgan fingerprint density at radius 3 is 2.39 bits per heavy atom. The van der Waals surface area contributed by atoms with E-state index in [1.54, 1.807) is 48.5 Å². The minimum atomic E-state index is -4.02. The molecular formula is C23H22N4O5S. The van der Waals surface area contributed by atoms with Crippen molar-refractivity contribution in [2.75, 3.05) is 10.8 Å². The fourth-order valence-electron chi connectivity index (χ4n) is 3.00. The quantitative estimate of drug-likeness (QED) is 0.294. The van der Waals surface area contributed by atoms with Crippen LogP contribution in [0.2, 0.25) is 0 Å². The molecule has 33 heavy (non-hydrogen) atoms. The van der Waals surface area contributed by atoms with E-state index >= 15 is 0 Å².